The van der Waals surface area contributed by atoms with Gasteiger partial charge in [0.15, 0.2) is 0 Å². The second kappa shape index (κ2) is 10.9. The quantitative estimate of drug-likeness (QED) is 0.184. The van der Waals surface area contributed by atoms with Crippen LogP contribution in [-0.2, 0) is 19.7 Å². The van der Waals surface area contributed by atoms with E-state index in [0.717, 1.165) is 46.2 Å². The minimum atomic E-state index is -3.58. The Morgan fingerprint density at radius 2 is 0.957 bits per heavy atom. The summed E-state index contributed by atoms with van der Waals surface area (Å²) in [5.74, 6) is -0.252. The maximum Gasteiger partial charge on any atom is 0.207 e. The van der Waals surface area contributed by atoms with Crippen LogP contribution in [0.3, 0.4) is 0 Å². The number of sulfone groups is 2. The fraction of sp³-hybridized carbons (Fsp3) is 0.150. The number of allylic oxidation sites excluding steroid dienone is 3. The van der Waals surface area contributed by atoms with E-state index < -0.39 is 27.7 Å². The van der Waals surface area contributed by atoms with Gasteiger partial charge in [0.05, 0.1) is 19.6 Å². The molecule has 0 bridgehead atoms. The Morgan fingerprint density at radius 3 is 1.47 bits per heavy atom. The van der Waals surface area contributed by atoms with Gasteiger partial charge >= 0.3 is 0 Å². The molecule has 0 radical (unpaired) electrons. The van der Waals surface area contributed by atoms with E-state index >= 15 is 0 Å². The summed E-state index contributed by atoms with van der Waals surface area (Å²) >= 11 is 0. The Labute approximate surface area is 278 Å². The molecule has 8 rings (SSSR count). The van der Waals surface area contributed by atoms with Crippen molar-refractivity contribution in [3.63, 3.8) is 0 Å². The molecule has 0 fully saturated rings. The van der Waals surface area contributed by atoms with Gasteiger partial charge in [-0.05, 0) is 70.5 Å². The summed E-state index contributed by atoms with van der Waals surface area (Å²) in [6.45, 7) is 4.70. The molecule has 0 amide bonds. The molecule has 0 N–H and O–H groups in total. The maximum atomic E-state index is 13.5. The van der Waals surface area contributed by atoms with E-state index in [1.807, 2.05) is 48.5 Å². The zero-order chi connectivity index (χ0) is 32.6. The van der Waals surface area contributed by atoms with Gasteiger partial charge in [0.1, 0.15) is 8.07 Å². The Morgan fingerprint density at radius 1 is 0.532 bits per heavy atom. The molecule has 4 nitrogen and oxygen atoms in total. The zero-order valence-electron chi connectivity index (χ0n) is 26.2. The van der Waals surface area contributed by atoms with E-state index in [2.05, 4.69) is 61.6 Å². The Hall–Kier alpha value is -4.30. The van der Waals surface area contributed by atoms with Gasteiger partial charge in [-0.25, -0.2) is 16.8 Å². The van der Waals surface area contributed by atoms with Gasteiger partial charge in [0.25, 0.3) is 0 Å². The first-order chi connectivity index (χ1) is 22.6. The van der Waals surface area contributed by atoms with Crippen molar-refractivity contribution in [2.24, 2.45) is 0 Å². The van der Waals surface area contributed by atoms with Crippen LogP contribution in [0, 0.1) is 0 Å². The third-order valence-corrected chi connectivity index (χ3v) is 17.7. The summed E-state index contributed by atoms with van der Waals surface area (Å²) < 4.78 is 53.9. The van der Waals surface area contributed by atoms with Crippen LogP contribution >= 0.6 is 0 Å². The minimum Gasteiger partial charge on any atom is -0.219 e. The average Bonchev–Trinajstić information content (AvgIpc) is 3.09. The number of fused-ring (bicyclic) bond motifs is 3. The van der Waals surface area contributed by atoms with E-state index in [9.17, 15) is 16.8 Å². The van der Waals surface area contributed by atoms with Crippen molar-refractivity contribution in [3.8, 4) is 0 Å². The summed E-state index contributed by atoms with van der Waals surface area (Å²) in [7, 11) is -9.22. The molecule has 5 aromatic carbocycles. The molecule has 1 aliphatic carbocycles. The first-order valence-corrected chi connectivity index (χ1v) is 21.9. The topological polar surface area (TPSA) is 68.3 Å². The lowest BCUT2D eigenvalue weighted by Crippen LogP contribution is -2.52. The third kappa shape index (κ3) is 4.59. The van der Waals surface area contributed by atoms with E-state index in [4.69, 9.17) is 0 Å². The first-order valence-electron chi connectivity index (χ1n) is 16.0. The van der Waals surface area contributed by atoms with E-state index in [1.165, 1.54) is 10.4 Å². The molecule has 7 heteroatoms. The molecule has 1 unspecified atom stereocenters. The van der Waals surface area contributed by atoms with Crippen LogP contribution in [0.15, 0.2) is 159 Å². The van der Waals surface area contributed by atoms with Gasteiger partial charge in [-0.15, -0.1) is 0 Å². The van der Waals surface area contributed by atoms with Gasteiger partial charge in [0.2, 0.25) is 19.7 Å². The Bertz CT molecular complexity index is 2300. The van der Waals surface area contributed by atoms with Crippen LogP contribution in [0.25, 0.3) is 0 Å². The molecule has 47 heavy (non-hydrogen) atoms. The Balaban J connectivity index is 1.14. The summed E-state index contributed by atoms with van der Waals surface area (Å²) in [6, 6.07) is 39.8. The standard InChI is InChI=1S/C40H34O4S2Si/c1-47(2,29-23-19-27(20-24-29)39-31-11-3-7-15-35(31)45(41,42)36-16-8-4-12-32(36)39)30-25-21-28(22-26-30)40-33-13-5-9-17-37(33)46(43,44)38-18-10-6-14-34(38)40/h3-5,7-13,15-26,39-40H,6,14H2,1-2H3. The van der Waals surface area contributed by atoms with Gasteiger partial charge < -0.3 is 0 Å². The van der Waals surface area contributed by atoms with E-state index in [0.29, 0.717) is 19.6 Å². The van der Waals surface area contributed by atoms with Crippen molar-refractivity contribution in [3.05, 3.63) is 172 Å². The highest BCUT2D eigenvalue weighted by Gasteiger charge is 2.39. The van der Waals surface area contributed by atoms with E-state index in [1.54, 1.807) is 36.4 Å². The fourth-order valence-electron chi connectivity index (χ4n) is 7.78. The van der Waals surface area contributed by atoms with Crippen molar-refractivity contribution in [2.75, 3.05) is 0 Å². The Kier molecular flexibility index (Phi) is 6.95. The predicted molar refractivity (Wildman–Crippen MR) is 190 cm³/mol. The van der Waals surface area contributed by atoms with Gasteiger partial charge in [0, 0.05) is 11.8 Å². The number of rotatable bonds is 4. The predicted octanol–water partition coefficient (Wildman–Crippen LogP) is 7.36. The molecule has 2 aliphatic heterocycles. The molecular formula is C40H34O4S2Si. The lowest BCUT2D eigenvalue weighted by Gasteiger charge is -2.32. The molecule has 234 valence electrons. The van der Waals surface area contributed by atoms with Gasteiger partial charge in [-0.1, -0.05) is 133 Å². The highest BCUT2D eigenvalue weighted by atomic mass is 32.2. The van der Waals surface area contributed by atoms with Crippen LogP contribution in [0.2, 0.25) is 13.1 Å². The van der Waals surface area contributed by atoms with Crippen molar-refractivity contribution in [2.45, 2.75) is 52.5 Å². The highest BCUT2D eigenvalue weighted by Crippen LogP contribution is 2.48. The van der Waals surface area contributed by atoms with Crippen LogP contribution < -0.4 is 10.4 Å². The molecule has 0 aromatic heterocycles. The van der Waals surface area contributed by atoms with Crippen molar-refractivity contribution >= 4 is 38.1 Å². The highest BCUT2D eigenvalue weighted by molar-refractivity contribution is 7.95. The molecule has 0 saturated heterocycles. The second-order valence-electron chi connectivity index (χ2n) is 13.2. The maximum absolute atomic E-state index is 13.5. The fourth-order valence-corrected chi connectivity index (χ4v) is 13.7. The molecule has 0 spiro atoms. The molecular weight excluding hydrogens is 637 g/mol. The smallest absolute Gasteiger partial charge is 0.207 e. The van der Waals surface area contributed by atoms with Crippen molar-refractivity contribution in [1.29, 1.82) is 0 Å². The largest absolute Gasteiger partial charge is 0.219 e. The van der Waals surface area contributed by atoms with Crippen molar-refractivity contribution < 1.29 is 16.8 Å². The van der Waals surface area contributed by atoms with E-state index in [-0.39, 0.29) is 11.8 Å². The molecule has 5 aromatic rings. The summed E-state index contributed by atoms with van der Waals surface area (Å²) in [5.41, 5.74) is 5.67. The van der Waals surface area contributed by atoms with Crippen LogP contribution in [0.4, 0.5) is 0 Å². The van der Waals surface area contributed by atoms with Crippen LogP contribution in [0.5, 0.6) is 0 Å². The number of hydrogen-bond donors (Lipinski definition) is 0. The molecule has 3 aliphatic rings. The normalized spacial score (nSPS) is 19.3. The number of benzene rings is 5. The lowest BCUT2D eigenvalue weighted by molar-refractivity contribution is 0.589. The average molecular weight is 671 g/mol. The summed E-state index contributed by atoms with van der Waals surface area (Å²) in [6.07, 6.45) is 5.35. The number of hydrogen-bond acceptors (Lipinski definition) is 4. The molecule has 2 heterocycles. The van der Waals surface area contributed by atoms with Gasteiger partial charge in [-0.2, -0.15) is 0 Å². The first kappa shape index (κ1) is 30.1. The summed E-state index contributed by atoms with van der Waals surface area (Å²) in [4.78, 5) is 1.64. The van der Waals surface area contributed by atoms with Crippen LogP contribution in [0.1, 0.15) is 52.5 Å². The summed E-state index contributed by atoms with van der Waals surface area (Å²) in [5, 5.41) is 2.58. The zero-order valence-corrected chi connectivity index (χ0v) is 28.9. The molecule has 0 saturated carbocycles. The van der Waals surface area contributed by atoms with Gasteiger partial charge in [-0.3, -0.25) is 0 Å². The third-order valence-electron chi connectivity index (χ3n) is 10.3. The van der Waals surface area contributed by atoms with Crippen LogP contribution in [-0.4, -0.2) is 24.9 Å². The SMILES string of the molecule is C[Si](C)(c1ccc(C2C3=C(C=CCC3)S(=O)(=O)c3ccccc32)cc1)c1ccc(C2c3ccccc3S(=O)(=O)c3ccccc32)cc1. The molecule has 1 atom stereocenters. The second-order valence-corrected chi connectivity index (χ2v) is 21.4. The minimum absolute atomic E-state index is 0.0853. The lowest BCUT2D eigenvalue weighted by atomic mass is 9.81. The monoisotopic (exact) mass is 670 g/mol. The van der Waals surface area contributed by atoms with Crippen molar-refractivity contribution in [1.82, 2.24) is 0 Å².